The van der Waals surface area contributed by atoms with Crippen LogP contribution in [0.3, 0.4) is 0 Å². The molecule has 1 amide bonds. The topological polar surface area (TPSA) is 68.5 Å². The number of nitrogens with zero attached hydrogens (tertiary/aromatic N) is 2. The van der Waals surface area contributed by atoms with E-state index in [2.05, 4.69) is 17.9 Å². The lowest BCUT2D eigenvalue weighted by atomic mass is 9.73. The molecule has 25 heavy (non-hydrogen) atoms. The summed E-state index contributed by atoms with van der Waals surface area (Å²) in [5.74, 6) is 1.54. The number of ether oxygens (including phenoxy) is 1. The Kier molecular flexibility index (Phi) is 3.40. The number of hydrogen-bond acceptors (Lipinski definition) is 4. The molecule has 1 saturated heterocycles. The fraction of sp³-hybridized carbons (Fsp3) is 0.700. The second-order valence-corrected chi connectivity index (χ2v) is 8.60. The van der Waals surface area contributed by atoms with Gasteiger partial charge >= 0.3 is 0 Å². The van der Waals surface area contributed by atoms with Gasteiger partial charge in [-0.1, -0.05) is 6.92 Å². The highest BCUT2D eigenvalue weighted by Crippen LogP contribution is 2.54. The summed E-state index contributed by atoms with van der Waals surface area (Å²) in [5.41, 5.74) is 8.25. The van der Waals surface area contributed by atoms with Crippen LogP contribution in [0.25, 0.3) is 0 Å². The summed E-state index contributed by atoms with van der Waals surface area (Å²) in [6.45, 7) is 2.93. The average Bonchev–Trinajstić information content (AvgIpc) is 3.05. The predicted octanol–water partition coefficient (Wildman–Crippen LogP) is 2.41. The Morgan fingerprint density at radius 3 is 2.88 bits per heavy atom. The number of pyridine rings is 1. The number of aromatic nitrogens is 1. The van der Waals surface area contributed by atoms with Crippen LogP contribution in [0.4, 0.5) is 0 Å². The van der Waals surface area contributed by atoms with Crippen LogP contribution >= 0.6 is 0 Å². The molecule has 0 bridgehead atoms. The predicted molar refractivity (Wildman–Crippen MR) is 94.0 cm³/mol. The molecular weight excluding hydrogens is 314 g/mol. The third kappa shape index (κ3) is 2.24. The van der Waals surface area contributed by atoms with E-state index in [1.165, 1.54) is 6.42 Å². The third-order valence-corrected chi connectivity index (χ3v) is 7.26. The van der Waals surface area contributed by atoms with Crippen molar-refractivity contribution in [2.75, 3.05) is 0 Å². The first-order valence-corrected chi connectivity index (χ1v) is 9.78. The Morgan fingerprint density at radius 1 is 1.36 bits per heavy atom. The number of rotatable bonds is 2. The normalized spacial score (nSPS) is 37.1. The first-order valence-electron chi connectivity index (χ1n) is 9.78. The van der Waals surface area contributed by atoms with E-state index in [-0.39, 0.29) is 17.5 Å². The Morgan fingerprint density at radius 2 is 2.20 bits per heavy atom. The second-order valence-electron chi connectivity index (χ2n) is 8.60. The fourth-order valence-electron chi connectivity index (χ4n) is 5.43. The molecule has 3 heterocycles. The van der Waals surface area contributed by atoms with Gasteiger partial charge < -0.3 is 15.4 Å². The fourth-order valence-corrected chi connectivity index (χ4v) is 5.43. The molecule has 5 rings (SSSR count). The average molecular weight is 341 g/mol. The van der Waals surface area contributed by atoms with Crippen LogP contribution in [0, 0.1) is 11.3 Å². The molecular formula is C20H27N3O2. The maximum atomic E-state index is 13.3. The van der Waals surface area contributed by atoms with E-state index in [1.807, 2.05) is 6.20 Å². The van der Waals surface area contributed by atoms with E-state index >= 15 is 0 Å². The number of fused-ring (bicyclic) bond motifs is 2. The Balaban J connectivity index is 1.42. The lowest BCUT2D eigenvalue weighted by molar-refractivity contribution is -0.137. The molecule has 1 spiro atoms. The van der Waals surface area contributed by atoms with E-state index in [0.29, 0.717) is 24.5 Å². The Hall–Kier alpha value is -1.62. The zero-order valence-corrected chi connectivity index (χ0v) is 14.9. The van der Waals surface area contributed by atoms with Crippen molar-refractivity contribution in [2.45, 2.75) is 76.6 Å². The zero-order chi connectivity index (χ0) is 17.2. The molecule has 2 unspecified atom stereocenters. The summed E-state index contributed by atoms with van der Waals surface area (Å²) >= 11 is 0. The quantitative estimate of drug-likeness (QED) is 0.897. The van der Waals surface area contributed by atoms with Crippen LogP contribution in [0.5, 0.6) is 5.75 Å². The number of carbonyl (C=O) groups excluding carboxylic acids is 1. The summed E-state index contributed by atoms with van der Waals surface area (Å²) < 4.78 is 6.00. The molecule has 134 valence electrons. The van der Waals surface area contributed by atoms with Crippen molar-refractivity contribution in [1.82, 2.24) is 9.88 Å². The van der Waals surface area contributed by atoms with Gasteiger partial charge in [-0.05, 0) is 56.1 Å². The maximum absolute atomic E-state index is 13.3. The summed E-state index contributed by atoms with van der Waals surface area (Å²) in [7, 11) is 0. The van der Waals surface area contributed by atoms with E-state index in [0.717, 1.165) is 55.5 Å². The number of carbonyl (C=O) groups is 1. The number of hydrogen-bond donors (Lipinski definition) is 1. The maximum Gasteiger partial charge on any atom is 0.229 e. The van der Waals surface area contributed by atoms with E-state index in [4.69, 9.17) is 15.5 Å². The molecule has 1 aromatic rings. The lowest BCUT2D eigenvalue weighted by Crippen LogP contribution is -2.40. The van der Waals surface area contributed by atoms with Gasteiger partial charge in [0.15, 0.2) is 0 Å². The van der Waals surface area contributed by atoms with Crippen molar-refractivity contribution in [1.29, 1.82) is 0 Å². The summed E-state index contributed by atoms with van der Waals surface area (Å²) in [6.07, 6.45) is 9.40. The van der Waals surface area contributed by atoms with Crippen LogP contribution in [-0.4, -0.2) is 34.0 Å². The molecule has 2 N–H and O–H groups in total. The van der Waals surface area contributed by atoms with Gasteiger partial charge in [0, 0.05) is 30.7 Å². The summed E-state index contributed by atoms with van der Waals surface area (Å²) in [6, 6.07) is 2.56. The Labute approximate surface area is 148 Å². The Bertz CT molecular complexity index is 717. The highest BCUT2D eigenvalue weighted by atomic mass is 16.5. The molecule has 0 radical (unpaired) electrons. The molecule has 5 heteroatoms. The van der Waals surface area contributed by atoms with Gasteiger partial charge in [-0.25, -0.2) is 0 Å². The standard InChI is InChI=1S/C20H27N3O2/c1-12-18-8-17-13(7-16(10-22-17)25-15-3-2-4-15)11-23(18)19(24)20(12)6-5-14(21)9-20/h7,10,12,14-15,18H,2-6,8-9,11,21H2,1H3/t12?,14-,18?,20+/m1/s1. The minimum atomic E-state index is -0.225. The van der Waals surface area contributed by atoms with Crippen LogP contribution in [-0.2, 0) is 17.8 Å². The van der Waals surface area contributed by atoms with Crippen molar-refractivity contribution in [2.24, 2.45) is 17.1 Å². The first kappa shape index (κ1) is 15.6. The molecule has 5 nitrogen and oxygen atoms in total. The van der Waals surface area contributed by atoms with Crippen LogP contribution in [0.15, 0.2) is 12.3 Å². The van der Waals surface area contributed by atoms with Gasteiger partial charge in [-0.3, -0.25) is 9.78 Å². The van der Waals surface area contributed by atoms with Gasteiger partial charge in [0.05, 0.1) is 17.7 Å². The smallest absolute Gasteiger partial charge is 0.229 e. The SMILES string of the molecule is CC1C2Cc3ncc(OC4CCC4)cc3CN2C(=O)[C@]12CC[C@@H](N)C2. The van der Waals surface area contributed by atoms with Crippen LogP contribution in [0.2, 0.25) is 0 Å². The molecule has 4 atom stereocenters. The van der Waals surface area contributed by atoms with E-state index in [9.17, 15) is 4.79 Å². The van der Waals surface area contributed by atoms with Crippen molar-refractivity contribution >= 4 is 5.91 Å². The summed E-state index contributed by atoms with van der Waals surface area (Å²) in [5, 5.41) is 0. The molecule has 3 fully saturated rings. The first-order chi connectivity index (χ1) is 12.1. The lowest BCUT2D eigenvalue weighted by Gasteiger charge is -2.33. The molecule has 1 aromatic heterocycles. The zero-order valence-electron chi connectivity index (χ0n) is 14.9. The summed E-state index contributed by atoms with van der Waals surface area (Å²) in [4.78, 5) is 20.1. The highest BCUT2D eigenvalue weighted by molar-refractivity contribution is 5.87. The van der Waals surface area contributed by atoms with Gasteiger partial charge in [-0.15, -0.1) is 0 Å². The molecule has 2 aliphatic carbocycles. The van der Waals surface area contributed by atoms with Crippen molar-refractivity contribution in [3.8, 4) is 5.75 Å². The molecule has 0 aromatic carbocycles. The van der Waals surface area contributed by atoms with Gasteiger partial charge in [0.2, 0.25) is 5.91 Å². The van der Waals surface area contributed by atoms with Crippen LogP contribution in [0.1, 0.15) is 56.7 Å². The van der Waals surface area contributed by atoms with Gasteiger partial charge in [-0.2, -0.15) is 0 Å². The van der Waals surface area contributed by atoms with E-state index < -0.39 is 0 Å². The molecule has 2 saturated carbocycles. The third-order valence-electron chi connectivity index (χ3n) is 7.26. The number of amides is 1. The van der Waals surface area contributed by atoms with E-state index in [1.54, 1.807) is 0 Å². The number of nitrogens with two attached hydrogens (primary N) is 1. The van der Waals surface area contributed by atoms with Crippen molar-refractivity contribution in [3.05, 3.63) is 23.5 Å². The molecule has 4 aliphatic rings. The minimum absolute atomic E-state index is 0.177. The monoisotopic (exact) mass is 341 g/mol. The minimum Gasteiger partial charge on any atom is -0.489 e. The van der Waals surface area contributed by atoms with Crippen molar-refractivity contribution in [3.63, 3.8) is 0 Å². The second kappa shape index (κ2) is 5.44. The molecule has 2 aliphatic heterocycles. The van der Waals surface area contributed by atoms with Crippen LogP contribution < -0.4 is 10.5 Å². The van der Waals surface area contributed by atoms with Gasteiger partial charge in [0.1, 0.15) is 5.75 Å². The largest absolute Gasteiger partial charge is 0.489 e. The van der Waals surface area contributed by atoms with Crippen molar-refractivity contribution < 1.29 is 9.53 Å². The highest BCUT2D eigenvalue weighted by Gasteiger charge is 2.59. The van der Waals surface area contributed by atoms with Gasteiger partial charge in [0.25, 0.3) is 0 Å².